The third-order valence-corrected chi connectivity index (χ3v) is 7.49. The summed E-state index contributed by atoms with van der Waals surface area (Å²) in [5.41, 5.74) is 3.28. The molecule has 204 valence electrons. The van der Waals surface area contributed by atoms with Gasteiger partial charge in [0.15, 0.2) is 0 Å². The number of carbonyl (C=O) groups excluding carboxylic acids is 1. The summed E-state index contributed by atoms with van der Waals surface area (Å²) in [4.78, 5) is 22.4. The molecule has 2 aliphatic carbocycles. The molecule has 1 N–H and O–H groups in total. The van der Waals surface area contributed by atoms with Crippen molar-refractivity contribution < 1.29 is 22.7 Å². The van der Waals surface area contributed by atoms with E-state index in [0.717, 1.165) is 41.2 Å². The number of nitrogens with zero attached hydrogens (tertiary/aromatic N) is 3. The van der Waals surface area contributed by atoms with Crippen LogP contribution in [0.15, 0.2) is 72.7 Å². The van der Waals surface area contributed by atoms with Crippen LogP contribution in [0.4, 0.5) is 19.0 Å². The molecule has 0 aliphatic heterocycles. The normalized spacial score (nSPS) is 16.7. The molecule has 0 bridgehead atoms. The molecule has 0 saturated heterocycles. The van der Waals surface area contributed by atoms with Gasteiger partial charge in [-0.15, -0.1) is 0 Å². The lowest BCUT2D eigenvalue weighted by molar-refractivity contribution is -0.0937. The summed E-state index contributed by atoms with van der Waals surface area (Å²) in [6.07, 6.45) is 3.46. The van der Waals surface area contributed by atoms with Crippen LogP contribution in [0.25, 0.3) is 17.2 Å². The fourth-order valence-corrected chi connectivity index (χ4v) is 5.22. The van der Waals surface area contributed by atoms with E-state index in [2.05, 4.69) is 15.3 Å². The Bertz CT molecular complexity index is 1640. The number of fused-ring (bicyclic) bond motifs is 1. The van der Waals surface area contributed by atoms with Crippen molar-refractivity contribution in [1.29, 1.82) is 0 Å². The molecule has 6 rings (SSSR count). The molecule has 6 nitrogen and oxygen atoms in total. The average molecular weight is 545 g/mol. The number of ether oxygens (including phenoxy) is 1. The number of alkyl halides is 3. The summed E-state index contributed by atoms with van der Waals surface area (Å²) in [6.45, 7) is 1.75. The van der Waals surface area contributed by atoms with Gasteiger partial charge < -0.3 is 10.1 Å². The van der Waals surface area contributed by atoms with E-state index in [-0.39, 0.29) is 18.0 Å². The fraction of sp³-hybridized carbons (Fsp3) is 0.258. The molecule has 2 aliphatic rings. The Labute approximate surface area is 229 Å². The number of allylic oxidation sites excluding steroid dienone is 1. The highest BCUT2D eigenvalue weighted by Gasteiger charge is 2.38. The number of anilines is 1. The predicted molar refractivity (Wildman–Crippen MR) is 147 cm³/mol. The first-order chi connectivity index (χ1) is 19.2. The van der Waals surface area contributed by atoms with Gasteiger partial charge in [-0.1, -0.05) is 13.0 Å². The molecule has 9 heteroatoms. The molecule has 0 spiro atoms. The second-order valence-electron chi connectivity index (χ2n) is 10.3. The van der Waals surface area contributed by atoms with Crippen molar-refractivity contribution in [2.24, 2.45) is 0 Å². The van der Waals surface area contributed by atoms with Gasteiger partial charge in [-0.25, -0.2) is 9.97 Å². The van der Waals surface area contributed by atoms with E-state index in [1.54, 1.807) is 50.8 Å². The summed E-state index contributed by atoms with van der Waals surface area (Å²) in [5.74, 6) is 1.14. The van der Waals surface area contributed by atoms with E-state index >= 15 is 0 Å². The zero-order chi connectivity index (χ0) is 28.0. The highest BCUT2D eigenvalue weighted by molar-refractivity contribution is 5.98. The van der Waals surface area contributed by atoms with Crippen LogP contribution in [0.1, 0.15) is 65.2 Å². The van der Waals surface area contributed by atoms with Gasteiger partial charge in [-0.3, -0.25) is 9.36 Å². The molecule has 1 atom stereocenters. The van der Waals surface area contributed by atoms with Crippen molar-refractivity contribution in [3.05, 3.63) is 95.1 Å². The Kier molecular flexibility index (Phi) is 6.44. The lowest BCUT2D eigenvalue weighted by Crippen LogP contribution is -2.20. The number of halogens is 3. The van der Waals surface area contributed by atoms with Crippen LogP contribution < -0.4 is 10.1 Å². The van der Waals surface area contributed by atoms with Gasteiger partial charge in [0.05, 0.1) is 5.69 Å². The minimum atomic E-state index is -4.44. The molecular formula is C31H27F3N4O2. The van der Waals surface area contributed by atoms with Crippen LogP contribution in [0.5, 0.6) is 11.6 Å². The zero-order valence-electron chi connectivity index (χ0n) is 22.0. The van der Waals surface area contributed by atoms with Crippen molar-refractivity contribution in [1.82, 2.24) is 14.5 Å². The third kappa shape index (κ3) is 4.87. The smallest absolute Gasteiger partial charge is 0.412 e. The predicted octanol–water partition coefficient (Wildman–Crippen LogP) is 7.80. The van der Waals surface area contributed by atoms with Crippen molar-refractivity contribution in [2.45, 2.75) is 44.2 Å². The van der Waals surface area contributed by atoms with Crippen molar-refractivity contribution >= 4 is 17.8 Å². The minimum Gasteiger partial charge on any atom is -0.438 e. The summed E-state index contributed by atoms with van der Waals surface area (Å²) in [7, 11) is 1.79. The van der Waals surface area contributed by atoms with Gasteiger partial charge in [0, 0.05) is 42.3 Å². The third-order valence-electron chi connectivity index (χ3n) is 7.49. The Morgan fingerprint density at radius 1 is 1.05 bits per heavy atom. The molecular weight excluding hydrogens is 517 g/mol. The number of nitrogens with one attached hydrogen (secondary N) is 1. The summed E-state index contributed by atoms with van der Waals surface area (Å²) < 4.78 is 48.4. The van der Waals surface area contributed by atoms with Gasteiger partial charge in [0.1, 0.15) is 11.6 Å². The molecule has 1 fully saturated rings. The molecule has 1 aromatic carbocycles. The number of aromatic nitrogens is 3. The molecule has 0 amide bonds. The van der Waals surface area contributed by atoms with E-state index in [1.807, 2.05) is 30.3 Å². The van der Waals surface area contributed by atoms with Crippen molar-refractivity contribution in [3.8, 4) is 22.8 Å². The summed E-state index contributed by atoms with van der Waals surface area (Å²) in [5, 5.41) is 3.03. The van der Waals surface area contributed by atoms with Crippen LogP contribution in [0.2, 0.25) is 0 Å². The van der Waals surface area contributed by atoms with Crippen LogP contribution in [0, 0.1) is 0 Å². The molecule has 4 aromatic rings. The summed E-state index contributed by atoms with van der Waals surface area (Å²) in [6, 6.07) is 14.5. The molecule has 1 saturated carbocycles. The zero-order valence-corrected chi connectivity index (χ0v) is 22.0. The quantitative estimate of drug-likeness (QED) is 0.268. The number of rotatable bonds is 6. The lowest BCUT2D eigenvalue weighted by atomic mass is 9.87. The number of benzene rings is 1. The Balaban J connectivity index is 1.38. The second-order valence-corrected chi connectivity index (χ2v) is 10.3. The maximum absolute atomic E-state index is 13.7. The van der Waals surface area contributed by atoms with Crippen LogP contribution in [-0.2, 0) is 0 Å². The van der Waals surface area contributed by atoms with E-state index in [0.29, 0.717) is 28.9 Å². The number of hydrogen-bond donors (Lipinski definition) is 1. The topological polar surface area (TPSA) is 69.0 Å². The summed E-state index contributed by atoms with van der Waals surface area (Å²) >= 11 is 0. The maximum atomic E-state index is 13.7. The maximum Gasteiger partial charge on any atom is 0.412 e. The van der Waals surface area contributed by atoms with E-state index in [9.17, 15) is 18.0 Å². The molecule has 3 aromatic heterocycles. The monoisotopic (exact) mass is 544 g/mol. The second kappa shape index (κ2) is 9.97. The number of pyridine rings is 2. The molecule has 1 unspecified atom stereocenters. The van der Waals surface area contributed by atoms with E-state index in [4.69, 9.17) is 4.74 Å². The fourth-order valence-electron chi connectivity index (χ4n) is 5.22. The largest absolute Gasteiger partial charge is 0.438 e. The first-order valence-electron chi connectivity index (χ1n) is 13.2. The van der Waals surface area contributed by atoms with Crippen molar-refractivity contribution in [2.75, 3.05) is 12.4 Å². The molecule has 3 heterocycles. The van der Waals surface area contributed by atoms with Crippen molar-refractivity contribution in [3.63, 3.8) is 0 Å². The van der Waals surface area contributed by atoms with Gasteiger partial charge in [-0.2, -0.15) is 13.2 Å². The highest BCUT2D eigenvalue weighted by Crippen LogP contribution is 2.46. The first-order valence-corrected chi connectivity index (χ1v) is 13.2. The standard InChI is InChI=1S/C31H27F3N4O2/c1-18-14-22(31(32,33)34)17-26-23(18)10-13-38(26)30(39)21-7-8-24(19-5-6-19)27(15-21)40-29-25(4-3-11-37-29)20-9-12-36-28(16-20)35-2/h3-4,7-13,15-19H,5-6,14H2,1-2H3,(H,35,36). The van der Waals surface area contributed by atoms with Gasteiger partial charge in [0.2, 0.25) is 5.88 Å². The van der Waals surface area contributed by atoms with Crippen LogP contribution >= 0.6 is 0 Å². The Morgan fingerprint density at radius 3 is 2.62 bits per heavy atom. The average Bonchev–Trinajstić information content (AvgIpc) is 3.70. The minimum absolute atomic E-state index is 0.109. The molecule has 0 radical (unpaired) electrons. The Hall–Kier alpha value is -4.40. The number of carbonyl (C=O) groups is 1. The van der Waals surface area contributed by atoms with Gasteiger partial charge >= 0.3 is 6.18 Å². The molecule has 40 heavy (non-hydrogen) atoms. The Morgan fingerprint density at radius 2 is 1.88 bits per heavy atom. The highest BCUT2D eigenvalue weighted by atomic mass is 19.4. The SMILES string of the molecule is CNc1cc(-c2cccnc2Oc2cc(C(=O)n3ccc4c3C=C(C(F)(F)F)CC4C)ccc2C2CC2)ccn1. The van der Waals surface area contributed by atoms with E-state index < -0.39 is 17.7 Å². The van der Waals surface area contributed by atoms with Crippen LogP contribution in [-0.4, -0.2) is 33.7 Å². The van der Waals surface area contributed by atoms with Gasteiger partial charge in [0.25, 0.3) is 5.91 Å². The van der Waals surface area contributed by atoms with E-state index in [1.165, 1.54) is 4.57 Å². The number of hydrogen-bond acceptors (Lipinski definition) is 5. The lowest BCUT2D eigenvalue weighted by Gasteiger charge is -2.23. The van der Waals surface area contributed by atoms with Gasteiger partial charge in [-0.05, 0) is 96.3 Å². The first kappa shape index (κ1) is 25.9. The van der Waals surface area contributed by atoms with Crippen LogP contribution in [0.3, 0.4) is 0 Å².